The molecule has 128 valence electrons. The minimum Gasteiger partial charge on any atom is -0.481 e. The van der Waals surface area contributed by atoms with Gasteiger partial charge in [0.25, 0.3) is 0 Å². The number of carbonyl (C=O) groups is 2. The molecule has 0 aliphatic heterocycles. The zero-order valence-electron chi connectivity index (χ0n) is 13.5. The van der Waals surface area contributed by atoms with E-state index >= 15 is 0 Å². The largest absolute Gasteiger partial charge is 0.481 e. The third-order valence-electron chi connectivity index (χ3n) is 3.54. The lowest BCUT2D eigenvalue weighted by atomic mass is 10.0. The quantitative estimate of drug-likeness (QED) is 0.300. The van der Waals surface area contributed by atoms with Crippen LogP contribution in [0.2, 0.25) is 0 Å². The standard InChI is InChI=1S/C16H30O4P2/c17-15(10-8-11-16(18)19)9-6-4-2-1-3-5-7-12-21-13-14-22-20/h21H,1-14H2,(H,18,19). The summed E-state index contributed by atoms with van der Waals surface area (Å²) >= 11 is 0. The number of hydrogen-bond acceptors (Lipinski definition) is 3. The van der Waals surface area contributed by atoms with Crippen molar-refractivity contribution in [2.45, 2.75) is 70.6 Å². The summed E-state index contributed by atoms with van der Waals surface area (Å²) < 4.78 is 10.2. The molecule has 1 unspecified atom stereocenters. The van der Waals surface area contributed by atoms with Crippen molar-refractivity contribution in [1.82, 2.24) is 0 Å². The first-order valence-corrected chi connectivity index (χ1v) is 10.8. The van der Waals surface area contributed by atoms with Gasteiger partial charge in [-0.25, -0.2) is 0 Å². The van der Waals surface area contributed by atoms with Gasteiger partial charge < -0.3 is 5.11 Å². The first-order chi connectivity index (χ1) is 10.7. The summed E-state index contributed by atoms with van der Waals surface area (Å²) in [7, 11) is 1.25. The Hall–Kier alpha value is -0.330. The highest BCUT2D eigenvalue weighted by molar-refractivity contribution is 7.39. The van der Waals surface area contributed by atoms with Gasteiger partial charge >= 0.3 is 5.97 Å². The highest BCUT2D eigenvalue weighted by atomic mass is 31.1. The van der Waals surface area contributed by atoms with Gasteiger partial charge in [-0.3, -0.25) is 14.2 Å². The maximum Gasteiger partial charge on any atom is 0.303 e. The first-order valence-electron chi connectivity index (χ1n) is 8.40. The molecule has 0 aromatic carbocycles. The molecule has 0 aromatic heterocycles. The molecule has 0 radical (unpaired) electrons. The zero-order valence-corrected chi connectivity index (χ0v) is 15.4. The molecule has 1 atom stereocenters. The van der Waals surface area contributed by atoms with E-state index in [1.54, 1.807) is 0 Å². The summed E-state index contributed by atoms with van der Waals surface area (Å²) in [6.07, 6.45) is 13.1. The van der Waals surface area contributed by atoms with Crippen LogP contribution in [0, 0.1) is 0 Å². The second-order valence-corrected chi connectivity index (χ2v) is 7.82. The van der Waals surface area contributed by atoms with Crippen molar-refractivity contribution in [3.05, 3.63) is 0 Å². The Balaban J connectivity index is 3.14. The van der Waals surface area contributed by atoms with Gasteiger partial charge in [0.2, 0.25) is 0 Å². The second-order valence-electron chi connectivity index (χ2n) is 5.61. The van der Waals surface area contributed by atoms with Crippen LogP contribution in [-0.2, 0) is 14.2 Å². The molecule has 0 rings (SSSR count). The SMILES string of the molecule is O=PCCPCCCCCCCCCC(=O)CCCC(=O)O. The lowest BCUT2D eigenvalue weighted by molar-refractivity contribution is -0.137. The highest BCUT2D eigenvalue weighted by Crippen LogP contribution is 2.16. The van der Waals surface area contributed by atoms with Gasteiger partial charge in [-0.15, -0.1) is 8.58 Å². The fourth-order valence-corrected chi connectivity index (χ4v) is 4.02. The van der Waals surface area contributed by atoms with Crippen molar-refractivity contribution in [3.63, 3.8) is 0 Å². The number of unbranched alkanes of at least 4 members (excludes halogenated alkanes) is 6. The fraction of sp³-hybridized carbons (Fsp3) is 0.875. The van der Waals surface area contributed by atoms with Gasteiger partial charge in [0.15, 0.2) is 8.46 Å². The molecular formula is C16H30O4P2. The molecule has 6 heteroatoms. The van der Waals surface area contributed by atoms with Gasteiger partial charge in [-0.2, -0.15) is 0 Å². The van der Waals surface area contributed by atoms with Crippen molar-refractivity contribution >= 4 is 28.8 Å². The van der Waals surface area contributed by atoms with Gasteiger partial charge in [-0.05, 0) is 31.6 Å². The van der Waals surface area contributed by atoms with Crippen LogP contribution < -0.4 is 0 Å². The summed E-state index contributed by atoms with van der Waals surface area (Å²) in [6.45, 7) is 0. The molecule has 0 aliphatic rings. The minimum atomic E-state index is -0.821. The van der Waals surface area contributed by atoms with Crippen LogP contribution in [0.1, 0.15) is 70.6 Å². The average molecular weight is 348 g/mol. The summed E-state index contributed by atoms with van der Waals surface area (Å²) in [5.74, 6) is -0.613. The van der Waals surface area contributed by atoms with E-state index < -0.39 is 5.97 Å². The maximum absolute atomic E-state index is 11.5. The molecular weight excluding hydrogens is 318 g/mol. The van der Waals surface area contributed by atoms with Gasteiger partial charge in [0, 0.05) is 25.4 Å². The van der Waals surface area contributed by atoms with E-state index in [-0.39, 0.29) is 20.7 Å². The zero-order chi connectivity index (χ0) is 16.5. The number of aliphatic carboxylic acids is 1. The third-order valence-corrected chi connectivity index (χ3v) is 5.67. The predicted molar refractivity (Wildman–Crippen MR) is 94.0 cm³/mol. The van der Waals surface area contributed by atoms with Crippen molar-refractivity contribution < 1.29 is 19.3 Å². The van der Waals surface area contributed by atoms with E-state index in [0.29, 0.717) is 19.3 Å². The summed E-state index contributed by atoms with van der Waals surface area (Å²) in [5.41, 5.74) is 0. The van der Waals surface area contributed by atoms with Crippen LogP contribution in [-0.4, -0.2) is 35.3 Å². The fourth-order valence-electron chi connectivity index (χ4n) is 2.27. The second kappa shape index (κ2) is 17.0. The van der Waals surface area contributed by atoms with E-state index in [2.05, 4.69) is 0 Å². The maximum atomic E-state index is 11.5. The predicted octanol–water partition coefficient (Wildman–Crippen LogP) is 4.90. The molecule has 0 spiro atoms. The Kier molecular flexibility index (Phi) is 16.8. The number of hydrogen-bond donors (Lipinski definition) is 1. The molecule has 0 heterocycles. The third kappa shape index (κ3) is 17.7. The molecule has 0 aromatic rings. The Morgan fingerprint density at radius 3 is 2.00 bits per heavy atom. The normalized spacial score (nSPS) is 11.5. The monoisotopic (exact) mass is 348 g/mol. The van der Waals surface area contributed by atoms with Gasteiger partial charge in [-0.1, -0.05) is 32.1 Å². The topological polar surface area (TPSA) is 71.4 Å². The first kappa shape index (κ1) is 21.7. The van der Waals surface area contributed by atoms with E-state index in [4.69, 9.17) is 5.11 Å². The Morgan fingerprint density at radius 2 is 1.36 bits per heavy atom. The summed E-state index contributed by atoms with van der Waals surface area (Å²) in [4.78, 5) is 21.8. The Morgan fingerprint density at radius 1 is 0.773 bits per heavy atom. The summed E-state index contributed by atoms with van der Waals surface area (Å²) in [5, 5.41) is 8.49. The highest BCUT2D eigenvalue weighted by Gasteiger charge is 2.04. The molecule has 0 amide bonds. The van der Waals surface area contributed by atoms with Crippen LogP contribution in [0.3, 0.4) is 0 Å². The van der Waals surface area contributed by atoms with E-state index in [9.17, 15) is 14.2 Å². The van der Waals surface area contributed by atoms with Crippen LogP contribution in [0.4, 0.5) is 0 Å². The van der Waals surface area contributed by atoms with E-state index in [0.717, 1.165) is 33.7 Å². The molecule has 1 N–H and O–H groups in total. The van der Waals surface area contributed by atoms with Gasteiger partial charge in [0.05, 0.1) is 0 Å². The number of carbonyl (C=O) groups excluding carboxylic acids is 1. The van der Waals surface area contributed by atoms with Crippen LogP contribution in [0.5, 0.6) is 0 Å². The number of carboxylic acid groups (broad SMARTS) is 1. The van der Waals surface area contributed by atoms with Crippen molar-refractivity contribution in [2.24, 2.45) is 0 Å². The molecule has 22 heavy (non-hydrogen) atoms. The average Bonchev–Trinajstić information content (AvgIpc) is 2.48. The van der Waals surface area contributed by atoms with Crippen molar-refractivity contribution in [1.29, 1.82) is 0 Å². The molecule has 0 saturated carbocycles. The smallest absolute Gasteiger partial charge is 0.303 e. The van der Waals surface area contributed by atoms with Crippen LogP contribution in [0.15, 0.2) is 0 Å². The molecule has 0 aliphatic carbocycles. The lowest BCUT2D eigenvalue weighted by Crippen LogP contribution is -2.00. The minimum absolute atomic E-state index is 0.100. The number of ketones is 1. The summed E-state index contributed by atoms with van der Waals surface area (Å²) in [6, 6.07) is 0. The van der Waals surface area contributed by atoms with Crippen LogP contribution >= 0.6 is 17.0 Å². The molecule has 0 saturated heterocycles. The lowest BCUT2D eigenvalue weighted by Gasteiger charge is -2.02. The Labute approximate surface area is 137 Å². The molecule has 0 bridgehead atoms. The number of carboxylic acids is 1. The van der Waals surface area contributed by atoms with E-state index in [1.807, 2.05) is 0 Å². The van der Waals surface area contributed by atoms with Crippen molar-refractivity contribution in [2.75, 3.05) is 18.5 Å². The number of Topliss-reactive ketones (excluding diaryl/α,β-unsaturated/α-hetero) is 1. The van der Waals surface area contributed by atoms with Gasteiger partial charge in [0.1, 0.15) is 5.78 Å². The Bertz CT molecular complexity index is 309. The molecule has 4 nitrogen and oxygen atoms in total. The van der Waals surface area contributed by atoms with Crippen molar-refractivity contribution in [3.8, 4) is 0 Å². The number of rotatable bonds is 17. The van der Waals surface area contributed by atoms with E-state index in [1.165, 1.54) is 38.3 Å². The molecule has 0 fully saturated rings. The van der Waals surface area contributed by atoms with Crippen LogP contribution in [0.25, 0.3) is 0 Å².